The third-order valence-corrected chi connectivity index (χ3v) is 4.24. The molecule has 1 fully saturated rings. The van der Waals surface area contributed by atoms with E-state index in [1.165, 1.54) is 5.52 Å². The predicted molar refractivity (Wildman–Crippen MR) is 87.5 cm³/mol. The van der Waals surface area contributed by atoms with Gasteiger partial charge in [0.15, 0.2) is 0 Å². The Labute approximate surface area is 134 Å². The molecule has 6 nitrogen and oxygen atoms in total. The lowest BCUT2D eigenvalue weighted by Gasteiger charge is -2.24. The molecule has 0 amide bonds. The first-order valence-corrected chi connectivity index (χ1v) is 7.89. The van der Waals surface area contributed by atoms with E-state index in [2.05, 4.69) is 42.6 Å². The van der Waals surface area contributed by atoms with Crippen LogP contribution < -0.4 is 4.90 Å². The summed E-state index contributed by atoms with van der Waals surface area (Å²) in [5.74, 6) is 1.35. The van der Waals surface area contributed by atoms with E-state index in [9.17, 15) is 0 Å². The lowest BCUT2D eigenvalue weighted by Crippen LogP contribution is -2.31. The molecule has 1 saturated heterocycles. The molecule has 1 atom stereocenters. The third kappa shape index (κ3) is 3.03. The highest BCUT2D eigenvalue weighted by Gasteiger charge is 2.21. The van der Waals surface area contributed by atoms with Crippen molar-refractivity contribution in [2.24, 2.45) is 5.92 Å². The summed E-state index contributed by atoms with van der Waals surface area (Å²) in [5.41, 5.74) is 2.29. The average molecular weight is 309 g/mol. The van der Waals surface area contributed by atoms with Crippen molar-refractivity contribution in [3.63, 3.8) is 0 Å². The Morgan fingerprint density at radius 2 is 2.17 bits per heavy atom. The molecule has 0 aromatic carbocycles. The van der Waals surface area contributed by atoms with Crippen LogP contribution >= 0.6 is 0 Å². The van der Waals surface area contributed by atoms with Gasteiger partial charge in [0.2, 0.25) is 0 Å². The molecule has 0 saturated carbocycles. The fourth-order valence-electron chi connectivity index (χ4n) is 3.14. The van der Waals surface area contributed by atoms with E-state index < -0.39 is 0 Å². The smallest absolute Gasteiger partial charge is 0.131 e. The van der Waals surface area contributed by atoms with Crippen LogP contribution in [-0.4, -0.2) is 45.7 Å². The van der Waals surface area contributed by atoms with Crippen LogP contribution in [0.15, 0.2) is 49.3 Å². The van der Waals surface area contributed by atoms with Crippen molar-refractivity contribution >= 4 is 11.3 Å². The van der Waals surface area contributed by atoms with E-state index in [1.807, 2.05) is 18.5 Å². The maximum absolute atomic E-state index is 5.80. The molecule has 0 aliphatic carbocycles. The molecule has 6 heteroatoms. The molecule has 118 valence electrons. The molecule has 1 aliphatic rings. The molecule has 0 radical (unpaired) electrons. The molecule has 4 heterocycles. The molecule has 0 bridgehead atoms. The predicted octanol–water partition coefficient (Wildman–Crippen LogP) is 1.82. The van der Waals surface area contributed by atoms with Gasteiger partial charge in [0.25, 0.3) is 0 Å². The van der Waals surface area contributed by atoms with Gasteiger partial charge in [-0.05, 0) is 24.6 Å². The Bertz CT molecular complexity index is 773. The highest BCUT2D eigenvalue weighted by atomic mass is 16.5. The SMILES string of the molecule is c1cc2c(C[C@H]3COCCN(c4ccncn4)C3)nccn2c1. The summed E-state index contributed by atoms with van der Waals surface area (Å²) in [6.07, 6.45) is 10.2. The normalized spacial score (nSPS) is 19.0. The minimum Gasteiger partial charge on any atom is -0.379 e. The molecule has 1 aliphatic heterocycles. The minimum absolute atomic E-state index is 0.390. The number of fused-ring (bicyclic) bond motifs is 1. The fraction of sp³-hybridized carbons (Fsp3) is 0.353. The van der Waals surface area contributed by atoms with E-state index in [0.29, 0.717) is 5.92 Å². The van der Waals surface area contributed by atoms with E-state index in [-0.39, 0.29) is 0 Å². The van der Waals surface area contributed by atoms with E-state index in [4.69, 9.17) is 4.74 Å². The molecule has 0 N–H and O–H groups in total. The zero-order valence-corrected chi connectivity index (χ0v) is 12.9. The van der Waals surface area contributed by atoms with Crippen molar-refractivity contribution in [1.29, 1.82) is 0 Å². The number of anilines is 1. The Morgan fingerprint density at radius 1 is 1.17 bits per heavy atom. The first-order chi connectivity index (χ1) is 11.4. The summed E-state index contributed by atoms with van der Waals surface area (Å²) in [7, 11) is 0. The number of nitrogens with zero attached hydrogens (tertiary/aromatic N) is 5. The van der Waals surface area contributed by atoms with Crippen LogP contribution in [0.4, 0.5) is 5.82 Å². The van der Waals surface area contributed by atoms with Gasteiger partial charge in [-0.15, -0.1) is 0 Å². The second kappa shape index (κ2) is 6.34. The quantitative estimate of drug-likeness (QED) is 0.739. The van der Waals surface area contributed by atoms with Gasteiger partial charge in [-0.3, -0.25) is 4.98 Å². The van der Waals surface area contributed by atoms with Crippen molar-refractivity contribution in [1.82, 2.24) is 19.4 Å². The first-order valence-electron chi connectivity index (χ1n) is 7.89. The van der Waals surface area contributed by atoms with Crippen LogP contribution in [0.2, 0.25) is 0 Å². The standard InChI is InChI=1S/C17H19N5O/c1-2-16-15(19-5-7-21(16)6-1)10-14-11-22(8-9-23-12-14)17-3-4-18-13-20-17/h1-7,13-14H,8-12H2/t14-/m1/s1. The maximum Gasteiger partial charge on any atom is 0.131 e. The van der Waals surface area contributed by atoms with E-state index in [1.54, 1.807) is 12.5 Å². The highest BCUT2D eigenvalue weighted by molar-refractivity contribution is 5.52. The number of aromatic nitrogens is 4. The monoisotopic (exact) mass is 309 g/mol. The first kappa shape index (κ1) is 14.1. The van der Waals surface area contributed by atoms with Gasteiger partial charge >= 0.3 is 0 Å². The van der Waals surface area contributed by atoms with Crippen LogP contribution in [-0.2, 0) is 11.2 Å². The zero-order valence-electron chi connectivity index (χ0n) is 12.9. The Morgan fingerprint density at radius 3 is 3.09 bits per heavy atom. The molecule has 3 aromatic rings. The van der Waals surface area contributed by atoms with E-state index >= 15 is 0 Å². The Kier molecular flexibility index (Phi) is 3.90. The molecule has 0 unspecified atom stereocenters. The lowest BCUT2D eigenvalue weighted by molar-refractivity contribution is 0.123. The minimum atomic E-state index is 0.390. The summed E-state index contributed by atoms with van der Waals surface area (Å²) in [6, 6.07) is 6.12. The van der Waals surface area contributed by atoms with Crippen LogP contribution in [0, 0.1) is 5.92 Å². The van der Waals surface area contributed by atoms with Gasteiger partial charge in [-0.2, -0.15) is 0 Å². The summed E-state index contributed by atoms with van der Waals surface area (Å²) < 4.78 is 7.92. The van der Waals surface area contributed by atoms with Crippen molar-refractivity contribution in [3.05, 3.63) is 55.0 Å². The van der Waals surface area contributed by atoms with Gasteiger partial charge in [-0.1, -0.05) is 0 Å². The van der Waals surface area contributed by atoms with Crippen molar-refractivity contribution in [2.45, 2.75) is 6.42 Å². The van der Waals surface area contributed by atoms with Crippen molar-refractivity contribution < 1.29 is 4.74 Å². The van der Waals surface area contributed by atoms with Crippen LogP contribution in [0.25, 0.3) is 5.52 Å². The summed E-state index contributed by atoms with van der Waals surface area (Å²) in [6.45, 7) is 3.25. The van der Waals surface area contributed by atoms with Crippen molar-refractivity contribution in [2.75, 3.05) is 31.2 Å². The van der Waals surface area contributed by atoms with E-state index in [0.717, 1.165) is 44.2 Å². The van der Waals surface area contributed by atoms with Gasteiger partial charge in [0, 0.05) is 43.8 Å². The van der Waals surface area contributed by atoms with Crippen LogP contribution in [0.3, 0.4) is 0 Å². The maximum atomic E-state index is 5.80. The molecule has 0 spiro atoms. The number of hydrogen-bond acceptors (Lipinski definition) is 5. The lowest BCUT2D eigenvalue weighted by atomic mass is 10.0. The van der Waals surface area contributed by atoms with Gasteiger partial charge < -0.3 is 14.0 Å². The van der Waals surface area contributed by atoms with Crippen LogP contribution in [0.5, 0.6) is 0 Å². The summed E-state index contributed by atoms with van der Waals surface area (Å²) in [5, 5.41) is 0. The Balaban J connectivity index is 1.55. The summed E-state index contributed by atoms with van der Waals surface area (Å²) >= 11 is 0. The van der Waals surface area contributed by atoms with Gasteiger partial charge in [0.1, 0.15) is 12.1 Å². The number of ether oxygens (including phenoxy) is 1. The number of hydrogen-bond donors (Lipinski definition) is 0. The highest BCUT2D eigenvalue weighted by Crippen LogP contribution is 2.19. The van der Waals surface area contributed by atoms with Gasteiger partial charge in [-0.25, -0.2) is 9.97 Å². The molecular formula is C17H19N5O. The second-order valence-electron chi connectivity index (χ2n) is 5.83. The fourth-order valence-corrected chi connectivity index (χ4v) is 3.14. The third-order valence-electron chi connectivity index (χ3n) is 4.24. The molecule has 4 rings (SSSR count). The Hall–Kier alpha value is -2.47. The largest absolute Gasteiger partial charge is 0.379 e. The topological polar surface area (TPSA) is 55.5 Å². The zero-order chi connectivity index (χ0) is 15.5. The van der Waals surface area contributed by atoms with Crippen molar-refractivity contribution in [3.8, 4) is 0 Å². The second-order valence-corrected chi connectivity index (χ2v) is 5.83. The molecular weight excluding hydrogens is 290 g/mol. The van der Waals surface area contributed by atoms with Crippen LogP contribution in [0.1, 0.15) is 5.69 Å². The molecule has 23 heavy (non-hydrogen) atoms. The van der Waals surface area contributed by atoms with Gasteiger partial charge in [0.05, 0.1) is 24.4 Å². The average Bonchev–Trinajstić information content (AvgIpc) is 2.96. The number of rotatable bonds is 3. The summed E-state index contributed by atoms with van der Waals surface area (Å²) in [4.78, 5) is 15.2. The molecule has 3 aromatic heterocycles.